The minimum atomic E-state index is -1.05. The average molecular weight is 387 g/mol. The van der Waals surface area contributed by atoms with Crippen LogP contribution in [0.25, 0.3) is 11.1 Å². The van der Waals surface area contributed by atoms with E-state index >= 15 is 0 Å². The lowest BCUT2D eigenvalue weighted by Gasteiger charge is -2.16. The van der Waals surface area contributed by atoms with Gasteiger partial charge in [0.2, 0.25) is 0 Å². The monoisotopic (exact) mass is 386 g/mol. The third-order valence-corrected chi connectivity index (χ3v) is 4.52. The smallest absolute Gasteiger partial charge is 0.345 e. The Morgan fingerprint density at radius 3 is 2.19 bits per heavy atom. The van der Waals surface area contributed by atoms with Crippen molar-refractivity contribution in [3.05, 3.63) is 88.4 Å². The molecule has 3 rings (SSSR count). The van der Waals surface area contributed by atoms with Crippen molar-refractivity contribution >= 4 is 29.2 Å². The van der Waals surface area contributed by atoms with Crippen molar-refractivity contribution in [1.29, 1.82) is 0 Å². The van der Waals surface area contributed by atoms with Crippen molar-refractivity contribution in [1.82, 2.24) is 0 Å². The molecule has 0 aliphatic rings. The number of aliphatic carboxylic acids is 1. The molecule has 3 aromatic carbocycles. The van der Waals surface area contributed by atoms with Crippen LogP contribution in [0.2, 0.25) is 10.0 Å². The highest BCUT2D eigenvalue weighted by Gasteiger charge is 2.21. The van der Waals surface area contributed by atoms with E-state index in [-0.39, 0.29) is 6.42 Å². The van der Waals surface area contributed by atoms with Crippen LogP contribution in [0.15, 0.2) is 72.8 Å². The molecular formula is C21H16Cl2O3. The van der Waals surface area contributed by atoms with Gasteiger partial charge in [-0.1, -0.05) is 71.7 Å². The summed E-state index contributed by atoms with van der Waals surface area (Å²) in [6.07, 6.45) is -0.901. The molecule has 0 saturated carbocycles. The zero-order valence-corrected chi connectivity index (χ0v) is 15.2. The molecule has 26 heavy (non-hydrogen) atoms. The quantitative estimate of drug-likeness (QED) is 0.587. The standard InChI is InChI=1S/C21H16Cl2O3/c22-17-9-6-16(19(23)13-17)12-20(21(24)25)26-18-10-7-15(8-11-18)14-4-2-1-3-5-14/h1-11,13,20H,12H2,(H,24,25). The van der Waals surface area contributed by atoms with Crippen molar-refractivity contribution in [2.75, 3.05) is 0 Å². The highest BCUT2D eigenvalue weighted by atomic mass is 35.5. The van der Waals surface area contributed by atoms with Gasteiger partial charge in [-0.25, -0.2) is 4.79 Å². The fourth-order valence-corrected chi connectivity index (χ4v) is 3.07. The van der Waals surface area contributed by atoms with Crippen molar-refractivity contribution in [3.63, 3.8) is 0 Å². The SMILES string of the molecule is O=C(O)C(Cc1ccc(Cl)cc1Cl)Oc1ccc(-c2ccccc2)cc1. The maximum Gasteiger partial charge on any atom is 0.345 e. The minimum Gasteiger partial charge on any atom is -0.478 e. The molecule has 1 atom stereocenters. The van der Waals surface area contributed by atoms with Gasteiger partial charge < -0.3 is 9.84 Å². The third-order valence-electron chi connectivity index (χ3n) is 3.94. The number of ether oxygens (including phenoxy) is 1. The van der Waals surface area contributed by atoms with Crippen molar-refractivity contribution in [2.45, 2.75) is 12.5 Å². The molecule has 0 aliphatic heterocycles. The van der Waals surface area contributed by atoms with Gasteiger partial charge in [-0.3, -0.25) is 0 Å². The maximum absolute atomic E-state index is 11.6. The van der Waals surface area contributed by atoms with Crippen LogP contribution in [0.5, 0.6) is 5.75 Å². The molecule has 0 radical (unpaired) electrons. The lowest BCUT2D eigenvalue weighted by Crippen LogP contribution is -2.29. The Kier molecular flexibility index (Phi) is 5.82. The summed E-state index contributed by atoms with van der Waals surface area (Å²) in [6, 6.07) is 22.2. The summed E-state index contributed by atoms with van der Waals surface area (Å²) >= 11 is 12.0. The molecule has 0 saturated heterocycles. The summed E-state index contributed by atoms with van der Waals surface area (Å²) in [5, 5.41) is 10.4. The zero-order chi connectivity index (χ0) is 18.5. The Morgan fingerprint density at radius 2 is 1.58 bits per heavy atom. The van der Waals surface area contributed by atoms with E-state index in [0.717, 1.165) is 11.1 Å². The van der Waals surface area contributed by atoms with Gasteiger partial charge in [0.05, 0.1) is 0 Å². The van der Waals surface area contributed by atoms with Gasteiger partial charge in [0.15, 0.2) is 6.10 Å². The molecule has 0 bridgehead atoms. The van der Waals surface area contributed by atoms with Gasteiger partial charge in [0.1, 0.15) is 5.75 Å². The summed E-state index contributed by atoms with van der Waals surface area (Å²) in [5.74, 6) is -0.565. The molecule has 1 N–H and O–H groups in total. The van der Waals surface area contributed by atoms with E-state index in [1.165, 1.54) is 0 Å². The second kappa shape index (κ2) is 8.26. The summed E-state index contributed by atoms with van der Waals surface area (Å²) in [6.45, 7) is 0. The predicted molar refractivity (Wildman–Crippen MR) is 104 cm³/mol. The van der Waals surface area contributed by atoms with Crippen LogP contribution >= 0.6 is 23.2 Å². The summed E-state index contributed by atoms with van der Waals surface area (Å²) in [7, 11) is 0. The summed E-state index contributed by atoms with van der Waals surface area (Å²) < 4.78 is 5.66. The Morgan fingerprint density at radius 1 is 0.923 bits per heavy atom. The number of carboxylic acid groups (broad SMARTS) is 1. The van der Waals surface area contributed by atoms with Crippen LogP contribution in [-0.2, 0) is 11.2 Å². The highest BCUT2D eigenvalue weighted by molar-refractivity contribution is 6.35. The molecule has 0 amide bonds. The molecule has 5 heteroatoms. The molecule has 0 spiro atoms. The highest BCUT2D eigenvalue weighted by Crippen LogP contribution is 2.25. The second-order valence-corrected chi connectivity index (χ2v) is 6.62. The largest absolute Gasteiger partial charge is 0.478 e. The second-order valence-electron chi connectivity index (χ2n) is 5.77. The Bertz CT molecular complexity index is 893. The van der Waals surface area contributed by atoms with Crippen molar-refractivity contribution in [2.24, 2.45) is 0 Å². The lowest BCUT2D eigenvalue weighted by molar-refractivity contribution is -0.145. The van der Waals surface area contributed by atoms with Gasteiger partial charge in [-0.2, -0.15) is 0 Å². The van der Waals surface area contributed by atoms with Gasteiger partial charge >= 0.3 is 5.97 Å². The predicted octanol–water partition coefficient (Wildman–Crippen LogP) is 5.74. The molecule has 0 heterocycles. The van der Waals surface area contributed by atoms with E-state index in [9.17, 15) is 9.90 Å². The average Bonchev–Trinajstić information content (AvgIpc) is 2.64. The van der Waals surface area contributed by atoms with Crippen LogP contribution in [0.4, 0.5) is 0 Å². The first kappa shape index (κ1) is 18.3. The molecular weight excluding hydrogens is 371 g/mol. The minimum absolute atomic E-state index is 0.145. The van der Waals surface area contributed by atoms with Gasteiger partial charge in [0.25, 0.3) is 0 Å². The number of carbonyl (C=O) groups is 1. The lowest BCUT2D eigenvalue weighted by atomic mass is 10.1. The maximum atomic E-state index is 11.6. The third kappa shape index (κ3) is 4.57. The first-order valence-corrected chi connectivity index (χ1v) is 8.77. The first-order chi connectivity index (χ1) is 12.5. The van der Waals surface area contributed by atoms with Gasteiger partial charge in [-0.05, 0) is 41.0 Å². The Labute approximate surface area is 161 Å². The molecule has 0 aliphatic carbocycles. The van der Waals surface area contributed by atoms with Crippen LogP contribution in [0.3, 0.4) is 0 Å². The van der Waals surface area contributed by atoms with E-state index < -0.39 is 12.1 Å². The summed E-state index contributed by atoms with van der Waals surface area (Å²) in [5.41, 5.74) is 2.79. The Balaban J connectivity index is 1.75. The number of hydrogen-bond acceptors (Lipinski definition) is 2. The van der Waals surface area contributed by atoms with Crippen LogP contribution in [-0.4, -0.2) is 17.2 Å². The molecule has 1 unspecified atom stereocenters. The van der Waals surface area contributed by atoms with Crippen LogP contribution < -0.4 is 4.74 Å². The van der Waals surface area contributed by atoms with Crippen molar-refractivity contribution < 1.29 is 14.6 Å². The fraction of sp³-hybridized carbons (Fsp3) is 0.0952. The topological polar surface area (TPSA) is 46.5 Å². The fourth-order valence-electron chi connectivity index (χ4n) is 2.59. The zero-order valence-electron chi connectivity index (χ0n) is 13.7. The normalized spacial score (nSPS) is 11.8. The molecule has 3 nitrogen and oxygen atoms in total. The molecule has 0 aromatic heterocycles. The molecule has 0 fully saturated rings. The number of carboxylic acids is 1. The van der Waals surface area contributed by atoms with Crippen LogP contribution in [0.1, 0.15) is 5.56 Å². The van der Waals surface area contributed by atoms with E-state index in [1.807, 2.05) is 42.5 Å². The molecule has 132 valence electrons. The van der Waals surface area contributed by atoms with Crippen LogP contribution in [0, 0.1) is 0 Å². The van der Waals surface area contributed by atoms with E-state index in [0.29, 0.717) is 21.4 Å². The van der Waals surface area contributed by atoms with Crippen molar-refractivity contribution in [3.8, 4) is 16.9 Å². The number of rotatable bonds is 6. The van der Waals surface area contributed by atoms with E-state index in [1.54, 1.807) is 30.3 Å². The number of halogens is 2. The number of hydrogen-bond donors (Lipinski definition) is 1. The first-order valence-electron chi connectivity index (χ1n) is 8.02. The number of benzene rings is 3. The van der Waals surface area contributed by atoms with E-state index in [2.05, 4.69) is 0 Å². The molecule has 3 aromatic rings. The Hall–Kier alpha value is -2.49. The van der Waals surface area contributed by atoms with E-state index in [4.69, 9.17) is 27.9 Å². The van der Waals surface area contributed by atoms with Gasteiger partial charge in [-0.15, -0.1) is 0 Å². The van der Waals surface area contributed by atoms with Gasteiger partial charge in [0, 0.05) is 16.5 Å². The summed E-state index contributed by atoms with van der Waals surface area (Å²) in [4.78, 5) is 11.6.